The Bertz CT molecular complexity index is 1030. The third-order valence-corrected chi connectivity index (χ3v) is 4.84. The van der Waals surface area contributed by atoms with E-state index in [1.54, 1.807) is 29.9 Å². The van der Waals surface area contributed by atoms with Gasteiger partial charge in [0, 0.05) is 43.6 Å². The first-order valence-corrected chi connectivity index (χ1v) is 9.68. The lowest BCUT2D eigenvalue weighted by molar-refractivity contribution is 0.102. The Morgan fingerprint density at radius 3 is 2.83 bits per heavy atom. The van der Waals surface area contributed by atoms with Crippen molar-refractivity contribution in [3.8, 4) is 0 Å². The zero-order chi connectivity index (χ0) is 20.5. The van der Waals surface area contributed by atoms with Crippen molar-refractivity contribution >= 4 is 23.1 Å². The maximum Gasteiger partial charge on any atom is 0.275 e. The van der Waals surface area contributed by atoms with Gasteiger partial charge in [0.05, 0.1) is 23.8 Å². The predicted molar refractivity (Wildman–Crippen MR) is 109 cm³/mol. The van der Waals surface area contributed by atoms with Crippen LogP contribution in [0.3, 0.4) is 0 Å². The fourth-order valence-corrected chi connectivity index (χ4v) is 3.62. The van der Waals surface area contributed by atoms with Crippen LogP contribution in [0.1, 0.15) is 36.5 Å². The summed E-state index contributed by atoms with van der Waals surface area (Å²) in [6.45, 7) is 7.81. The van der Waals surface area contributed by atoms with Gasteiger partial charge in [-0.3, -0.25) is 4.79 Å². The number of pyridine rings is 1. The van der Waals surface area contributed by atoms with E-state index in [-0.39, 0.29) is 11.3 Å². The van der Waals surface area contributed by atoms with Gasteiger partial charge in [-0.1, -0.05) is 13.8 Å². The van der Waals surface area contributed by atoms with Crippen LogP contribution < -0.4 is 15.5 Å². The summed E-state index contributed by atoms with van der Waals surface area (Å²) in [5, 5.41) is 6.19. The monoisotopic (exact) mass is 397 g/mol. The molecule has 0 bridgehead atoms. The quantitative estimate of drug-likeness (QED) is 0.688. The summed E-state index contributed by atoms with van der Waals surface area (Å²) < 4.78 is 15.7. The molecule has 0 aliphatic carbocycles. The highest BCUT2D eigenvalue weighted by Crippen LogP contribution is 2.19. The van der Waals surface area contributed by atoms with Gasteiger partial charge in [-0.15, -0.1) is 0 Å². The topological polar surface area (TPSA) is 87.5 Å². The number of rotatable bonds is 5. The van der Waals surface area contributed by atoms with E-state index in [1.807, 2.05) is 0 Å². The number of carbonyl (C=O) groups excluding carboxylic acids is 1. The van der Waals surface area contributed by atoms with E-state index in [0.29, 0.717) is 23.5 Å². The minimum Gasteiger partial charge on any atom is -0.354 e. The van der Waals surface area contributed by atoms with Gasteiger partial charge in [0.1, 0.15) is 11.5 Å². The number of hydrogen-bond donors (Lipinski definition) is 2. The first-order chi connectivity index (χ1) is 13.9. The Labute approximate surface area is 168 Å². The Hall–Kier alpha value is -3.07. The van der Waals surface area contributed by atoms with Gasteiger partial charge in [0.2, 0.25) is 0 Å². The van der Waals surface area contributed by atoms with E-state index in [0.717, 1.165) is 25.3 Å². The normalized spacial score (nSPS) is 16.7. The molecule has 1 saturated heterocycles. The summed E-state index contributed by atoms with van der Waals surface area (Å²) in [5.41, 5.74) is 1.42. The molecular weight excluding hydrogens is 373 g/mol. The average molecular weight is 397 g/mol. The van der Waals surface area contributed by atoms with Gasteiger partial charge < -0.3 is 19.9 Å². The molecule has 2 N–H and O–H groups in total. The molecule has 0 spiro atoms. The highest BCUT2D eigenvalue weighted by molar-refractivity contribution is 6.02. The highest BCUT2D eigenvalue weighted by Gasteiger charge is 2.24. The Morgan fingerprint density at radius 2 is 2.10 bits per heavy atom. The maximum atomic E-state index is 14.2. The molecule has 152 valence electrons. The second-order valence-corrected chi connectivity index (χ2v) is 7.66. The van der Waals surface area contributed by atoms with Crippen molar-refractivity contribution in [2.45, 2.75) is 39.3 Å². The lowest BCUT2D eigenvalue weighted by atomic mass is 10.2. The SMILES string of the molecule is Cc1cn2cc(NC(=O)c3cnc(N4CCC(NC(C)C)C4)cn3)cc(F)c2n1. The number of amides is 1. The fraction of sp³-hybridized carbons (Fsp3) is 0.400. The van der Waals surface area contributed by atoms with Crippen LogP contribution in [-0.4, -0.2) is 50.4 Å². The number of anilines is 2. The molecule has 3 aromatic rings. The summed E-state index contributed by atoms with van der Waals surface area (Å²) in [5.74, 6) is -0.202. The Balaban J connectivity index is 1.43. The number of halogens is 1. The number of carbonyl (C=O) groups is 1. The molecule has 1 aliphatic rings. The van der Waals surface area contributed by atoms with Gasteiger partial charge in [0.15, 0.2) is 11.5 Å². The van der Waals surface area contributed by atoms with Crippen molar-refractivity contribution in [2.75, 3.05) is 23.3 Å². The molecule has 1 amide bonds. The van der Waals surface area contributed by atoms with E-state index >= 15 is 0 Å². The number of aromatic nitrogens is 4. The second kappa shape index (κ2) is 7.75. The van der Waals surface area contributed by atoms with Crippen molar-refractivity contribution < 1.29 is 9.18 Å². The van der Waals surface area contributed by atoms with Crippen molar-refractivity contribution in [3.63, 3.8) is 0 Å². The smallest absolute Gasteiger partial charge is 0.275 e. The largest absolute Gasteiger partial charge is 0.354 e. The third kappa shape index (κ3) is 4.19. The first-order valence-electron chi connectivity index (χ1n) is 9.68. The van der Waals surface area contributed by atoms with E-state index < -0.39 is 11.7 Å². The van der Waals surface area contributed by atoms with E-state index in [1.165, 1.54) is 12.3 Å². The van der Waals surface area contributed by atoms with Crippen LogP contribution in [0.4, 0.5) is 15.9 Å². The number of hydrogen-bond acceptors (Lipinski definition) is 6. The molecule has 3 aromatic heterocycles. The molecule has 1 unspecified atom stereocenters. The van der Waals surface area contributed by atoms with Crippen molar-refractivity contribution in [1.29, 1.82) is 0 Å². The molecular formula is C20H24FN7O. The molecule has 1 atom stereocenters. The van der Waals surface area contributed by atoms with Crippen LogP contribution in [0.15, 0.2) is 30.9 Å². The molecule has 1 aliphatic heterocycles. The Morgan fingerprint density at radius 1 is 1.28 bits per heavy atom. The molecule has 1 fully saturated rings. The zero-order valence-electron chi connectivity index (χ0n) is 16.7. The minimum atomic E-state index is -0.504. The summed E-state index contributed by atoms with van der Waals surface area (Å²) in [6.07, 6.45) is 7.41. The molecule has 29 heavy (non-hydrogen) atoms. The van der Waals surface area contributed by atoms with Gasteiger partial charge in [-0.25, -0.2) is 19.3 Å². The van der Waals surface area contributed by atoms with Crippen molar-refractivity contribution in [3.05, 3.63) is 48.1 Å². The number of nitrogens with zero attached hydrogens (tertiary/aromatic N) is 5. The van der Waals surface area contributed by atoms with Crippen LogP contribution in [0, 0.1) is 12.7 Å². The summed E-state index contributed by atoms with van der Waals surface area (Å²) in [6, 6.07) is 2.11. The van der Waals surface area contributed by atoms with Crippen LogP contribution >= 0.6 is 0 Å². The van der Waals surface area contributed by atoms with E-state index in [9.17, 15) is 9.18 Å². The first kappa shape index (κ1) is 19.3. The molecule has 0 radical (unpaired) electrons. The fourth-order valence-electron chi connectivity index (χ4n) is 3.62. The predicted octanol–water partition coefficient (Wildman–Crippen LogP) is 2.40. The van der Waals surface area contributed by atoms with Crippen LogP contribution in [0.25, 0.3) is 5.65 Å². The summed E-state index contributed by atoms with van der Waals surface area (Å²) in [4.78, 5) is 27.4. The molecule has 9 heteroatoms. The van der Waals surface area contributed by atoms with Gasteiger partial charge in [0.25, 0.3) is 5.91 Å². The maximum absolute atomic E-state index is 14.2. The van der Waals surface area contributed by atoms with Gasteiger partial charge in [-0.05, 0) is 13.3 Å². The van der Waals surface area contributed by atoms with Crippen LogP contribution in [-0.2, 0) is 0 Å². The molecule has 4 rings (SSSR count). The van der Waals surface area contributed by atoms with Crippen LogP contribution in [0.2, 0.25) is 0 Å². The number of aryl methyl sites for hydroxylation is 1. The van der Waals surface area contributed by atoms with E-state index in [4.69, 9.17) is 0 Å². The summed E-state index contributed by atoms with van der Waals surface area (Å²) in [7, 11) is 0. The van der Waals surface area contributed by atoms with Crippen LogP contribution in [0.5, 0.6) is 0 Å². The number of fused-ring (bicyclic) bond motifs is 1. The average Bonchev–Trinajstić information content (AvgIpc) is 3.27. The lowest BCUT2D eigenvalue weighted by Gasteiger charge is -2.19. The van der Waals surface area contributed by atoms with Gasteiger partial charge >= 0.3 is 0 Å². The molecule has 8 nitrogen and oxygen atoms in total. The van der Waals surface area contributed by atoms with E-state index in [2.05, 4.69) is 44.3 Å². The highest BCUT2D eigenvalue weighted by atomic mass is 19.1. The Kier molecular flexibility index (Phi) is 5.14. The molecule has 0 saturated carbocycles. The third-order valence-electron chi connectivity index (χ3n) is 4.84. The summed E-state index contributed by atoms with van der Waals surface area (Å²) >= 11 is 0. The molecule has 4 heterocycles. The van der Waals surface area contributed by atoms with Crippen molar-refractivity contribution in [1.82, 2.24) is 24.7 Å². The molecule has 0 aromatic carbocycles. The number of nitrogens with one attached hydrogen (secondary N) is 2. The zero-order valence-corrected chi connectivity index (χ0v) is 16.7. The van der Waals surface area contributed by atoms with Gasteiger partial charge in [-0.2, -0.15) is 0 Å². The second-order valence-electron chi connectivity index (χ2n) is 7.66. The number of imidazole rings is 1. The lowest BCUT2D eigenvalue weighted by Crippen LogP contribution is -2.37. The standard InChI is InChI=1S/C20H24FN7O/c1-12(2)24-14-4-5-27(10-14)18-8-22-17(7-23-18)20(29)26-15-6-16(21)19-25-13(3)9-28(19)11-15/h6-9,11-12,14,24H,4-5,10H2,1-3H3,(H,26,29). The minimum absolute atomic E-state index is 0.173. The van der Waals surface area contributed by atoms with Crippen molar-refractivity contribution in [2.24, 2.45) is 0 Å².